The molecule has 0 bridgehead atoms. The summed E-state index contributed by atoms with van der Waals surface area (Å²) in [5.74, 6) is 0.530. The lowest BCUT2D eigenvalue weighted by atomic mass is 10.0. The van der Waals surface area contributed by atoms with Crippen LogP contribution >= 0.6 is 0 Å². The molecule has 1 aromatic heterocycles. The number of rotatable bonds is 6. The molecule has 3 heterocycles. The molecule has 2 fully saturated rings. The Labute approximate surface area is 176 Å². The zero-order chi connectivity index (χ0) is 21.1. The van der Waals surface area contributed by atoms with Crippen LogP contribution in [0.25, 0.3) is 0 Å². The minimum atomic E-state index is -0.378. The molecule has 0 spiro atoms. The second kappa shape index (κ2) is 8.87. The molecule has 30 heavy (non-hydrogen) atoms. The van der Waals surface area contributed by atoms with Gasteiger partial charge >= 0.3 is 0 Å². The van der Waals surface area contributed by atoms with Crippen LogP contribution in [-0.2, 0) is 6.54 Å². The number of anilines is 1. The Balaban J connectivity index is 1.62. The fourth-order valence-corrected chi connectivity index (χ4v) is 4.44. The molecule has 2 aliphatic heterocycles. The molecule has 0 N–H and O–H groups in total. The van der Waals surface area contributed by atoms with Crippen molar-refractivity contribution in [1.82, 2.24) is 9.80 Å². The number of carbonyl (C=O) groups excluding carboxylic acids is 1. The van der Waals surface area contributed by atoms with Gasteiger partial charge in [0.05, 0.1) is 17.7 Å². The van der Waals surface area contributed by atoms with Crippen molar-refractivity contribution in [3.05, 3.63) is 58.0 Å². The molecule has 2 aliphatic rings. The van der Waals surface area contributed by atoms with E-state index in [1.807, 2.05) is 21.9 Å². The Morgan fingerprint density at radius 3 is 2.57 bits per heavy atom. The second-order valence-electron chi connectivity index (χ2n) is 8.20. The minimum Gasteiger partial charge on any atom is -0.467 e. The summed E-state index contributed by atoms with van der Waals surface area (Å²) in [5.41, 5.74) is 0.963. The molecule has 0 aliphatic carbocycles. The van der Waals surface area contributed by atoms with Crippen molar-refractivity contribution in [3.63, 3.8) is 0 Å². The maximum Gasteiger partial charge on any atom is 0.293 e. The summed E-state index contributed by atoms with van der Waals surface area (Å²) in [6.07, 6.45) is 5.41. The summed E-state index contributed by atoms with van der Waals surface area (Å²) in [7, 11) is 2.08. The van der Waals surface area contributed by atoms with Crippen LogP contribution in [0.15, 0.2) is 41.0 Å². The second-order valence-corrected chi connectivity index (χ2v) is 8.20. The van der Waals surface area contributed by atoms with E-state index < -0.39 is 0 Å². The van der Waals surface area contributed by atoms with E-state index in [4.69, 9.17) is 4.42 Å². The van der Waals surface area contributed by atoms with E-state index in [9.17, 15) is 14.9 Å². The summed E-state index contributed by atoms with van der Waals surface area (Å²) < 4.78 is 5.49. The zero-order valence-corrected chi connectivity index (χ0v) is 17.3. The number of nitro benzene ring substituents is 1. The van der Waals surface area contributed by atoms with Crippen molar-refractivity contribution in [3.8, 4) is 0 Å². The maximum atomic E-state index is 13.5. The van der Waals surface area contributed by atoms with Gasteiger partial charge in [-0.1, -0.05) is 0 Å². The number of likely N-dealkylation sites (tertiary alicyclic amines) is 1. The number of amides is 1. The predicted octanol–water partition coefficient (Wildman–Crippen LogP) is 3.52. The van der Waals surface area contributed by atoms with Crippen molar-refractivity contribution < 1.29 is 14.1 Å². The molecule has 1 aromatic carbocycles. The highest BCUT2D eigenvalue weighted by molar-refractivity contribution is 5.96. The summed E-state index contributed by atoms with van der Waals surface area (Å²) >= 11 is 0. The van der Waals surface area contributed by atoms with Gasteiger partial charge in [-0.3, -0.25) is 14.9 Å². The van der Waals surface area contributed by atoms with Crippen LogP contribution in [0.2, 0.25) is 0 Å². The van der Waals surface area contributed by atoms with E-state index in [2.05, 4.69) is 11.9 Å². The third kappa shape index (κ3) is 4.33. The Morgan fingerprint density at radius 2 is 1.93 bits per heavy atom. The van der Waals surface area contributed by atoms with Gasteiger partial charge in [0, 0.05) is 30.8 Å². The zero-order valence-electron chi connectivity index (χ0n) is 17.3. The molecule has 0 atom stereocenters. The molecular formula is C22H28N4O4. The summed E-state index contributed by atoms with van der Waals surface area (Å²) in [4.78, 5) is 31.0. The average molecular weight is 412 g/mol. The number of hydrogen-bond donors (Lipinski definition) is 0. The quantitative estimate of drug-likeness (QED) is 0.533. The molecule has 8 heteroatoms. The predicted molar refractivity (Wildman–Crippen MR) is 114 cm³/mol. The van der Waals surface area contributed by atoms with Crippen molar-refractivity contribution in [2.75, 3.05) is 38.1 Å². The monoisotopic (exact) mass is 412 g/mol. The first-order valence-corrected chi connectivity index (χ1v) is 10.6. The van der Waals surface area contributed by atoms with Gasteiger partial charge in [0.25, 0.3) is 11.6 Å². The average Bonchev–Trinajstić information content (AvgIpc) is 3.46. The first-order chi connectivity index (χ1) is 14.5. The summed E-state index contributed by atoms with van der Waals surface area (Å²) in [6, 6.07) is 8.65. The van der Waals surface area contributed by atoms with Crippen LogP contribution in [-0.4, -0.2) is 59.9 Å². The highest BCUT2D eigenvalue weighted by Gasteiger charge is 2.30. The molecule has 0 saturated carbocycles. The normalized spacial score (nSPS) is 18.0. The van der Waals surface area contributed by atoms with Gasteiger partial charge in [-0.05, 0) is 70.1 Å². The fourth-order valence-electron chi connectivity index (χ4n) is 4.44. The largest absolute Gasteiger partial charge is 0.467 e. The van der Waals surface area contributed by atoms with Gasteiger partial charge in [-0.15, -0.1) is 0 Å². The van der Waals surface area contributed by atoms with E-state index in [1.54, 1.807) is 18.4 Å². The SMILES string of the molecule is CN1CCC(N(Cc2ccco2)C(=O)c2ccc(N3CCCC3)c([N+](=O)[O-])c2)CC1. The van der Waals surface area contributed by atoms with Gasteiger partial charge < -0.3 is 19.1 Å². The Morgan fingerprint density at radius 1 is 1.20 bits per heavy atom. The maximum absolute atomic E-state index is 13.5. The molecule has 0 unspecified atom stereocenters. The Bertz CT molecular complexity index is 885. The van der Waals surface area contributed by atoms with Crippen LogP contribution in [0.5, 0.6) is 0 Å². The fraction of sp³-hybridized carbons (Fsp3) is 0.500. The van der Waals surface area contributed by atoms with Gasteiger partial charge in [-0.25, -0.2) is 0 Å². The lowest BCUT2D eigenvalue weighted by molar-refractivity contribution is -0.384. The van der Waals surface area contributed by atoms with E-state index in [0.717, 1.165) is 51.9 Å². The van der Waals surface area contributed by atoms with Gasteiger partial charge in [0.1, 0.15) is 11.4 Å². The van der Waals surface area contributed by atoms with Crippen molar-refractivity contribution >= 4 is 17.3 Å². The lowest BCUT2D eigenvalue weighted by Gasteiger charge is -2.37. The Hall–Kier alpha value is -2.87. The number of piperidine rings is 1. The Kier molecular flexibility index (Phi) is 6.03. The molecule has 160 valence electrons. The highest BCUT2D eigenvalue weighted by Crippen LogP contribution is 2.32. The summed E-state index contributed by atoms with van der Waals surface area (Å²) in [6.45, 7) is 3.83. The lowest BCUT2D eigenvalue weighted by Crippen LogP contribution is -2.46. The first-order valence-electron chi connectivity index (χ1n) is 10.6. The number of benzene rings is 1. The van der Waals surface area contributed by atoms with Gasteiger partial charge in [0.15, 0.2) is 0 Å². The molecule has 0 radical (unpaired) electrons. The number of nitro groups is 1. The third-order valence-electron chi connectivity index (χ3n) is 6.16. The van der Waals surface area contributed by atoms with Crippen molar-refractivity contribution in [1.29, 1.82) is 0 Å². The van der Waals surface area contributed by atoms with Crippen molar-refractivity contribution in [2.45, 2.75) is 38.3 Å². The first kappa shape index (κ1) is 20.4. The van der Waals surface area contributed by atoms with Crippen LogP contribution in [0.3, 0.4) is 0 Å². The van der Waals surface area contributed by atoms with E-state index >= 15 is 0 Å². The molecule has 2 saturated heterocycles. The number of furan rings is 1. The van der Waals surface area contributed by atoms with E-state index in [-0.39, 0.29) is 22.6 Å². The number of hydrogen-bond acceptors (Lipinski definition) is 6. The van der Waals surface area contributed by atoms with Crippen LogP contribution in [0.1, 0.15) is 41.8 Å². The molecule has 8 nitrogen and oxygen atoms in total. The van der Waals surface area contributed by atoms with Crippen molar-refractivity contribution in [2.24, 2.45) is 0 Å². The van der Waals surface area contributed by atoms with Crippen LogP contribution in [0.4, 0.5) is 11.4 Å². The van der Waals surface area contributed by atoms with Crippen LogP contribution in [0, 0.1) is 10.1 Å². The molecule has 1 amide bonds. The number of nitrogens with zero attached hydrogens (tertiary/aromatic N) is 4. The molecule has 2 aromatic rings. The smallest absolute Gasteiger partial charge is 0.293 e. The van der Waals surface area contributed by atoms with E-state index in [1.165, 1.54) is 6.07 Å². The van der Waals surface area contributed by atoms with Gasteiger partial charge in [-0.2, -0.15) is 0 Å². The molecule has 4 rings (SSSR count). The van der Waals surface area contributed by atoms with Gasteiger partial charge in [0.2, 0.25) is 0 Å². The standard InChI is InChI=1S/C22H28N4O4/c1-23-12-8-18(9-13-23)25(16-19-5-4-14-30-19)22(27)17-6-7-20(21(15-17)26(28)29)24-10-2-3-11-24/h4-7,14-15,18H,2-3,8-13,16H2,1H3. The third-order valence-corrected chi connectivity index (χ3v) is 6.16. The topological polar surface area (TPSA) is 83.1 Å². The number of carbonyl (C=O) groups is 1. The summed E-state index contributed by atoms with van der Waals surface area (Å²) in [5, 5.41) is 11.8. The molecular weight excluding hydrogens is 384 g/mol. The van der Waals surface area contributed by atoms with E-state index in [0.29, 0.717) is 23.6 Å². The highest BCUT2D eigenvalue weighted by atomic mass is 16.6. The minimum absolute atomic E-state index is 0.00377. The van der Waals surface area contributed by atoms with Crippen LogP contribution < -0.4 is 4.90 Å².